The highest BCUT2D eigenvalue weighted by Gasteiger charge is 2.53. The van der Waals surface area contributed by atoms with Gasteiger partial charge >= 0.3 is 5.51 Å². The maximum atomic E-state index is 13.0. The van der Waals surface area contributed by atoms with Crippen LogP contribution in [0.5, 0.6) is 5.75 Å². The number of methoxy groups -OCH3 is 1. The van der Waals surface area contributed by atoms with Crippen molar-refractivity contribution < 1.29 is 31.4 Å². The lowest BCUT2D eigenvalue weighted by Gasteiger charge is -2.25. The second kappa shape index (κ2) is 6.82. The van der Waals surface area contributed by atoms with E-state index in [9.17, 15) is 26.7 Å². The van der Waals surface area contributed by atoms with Gasteiger partial charge in [0.15, 0.2) is 0 Å². The monoisotopic (exact) mass is 360 g/mol. The number of ether oxygens (including phenoxy) is 1. The summed E-state index contributed by atoms with van der Waals surface area (Å²) in [5, 5.41) is 8.22. The van der Waals surface area contributed by atoms with Gasteiger partial charge in [-0.15, -0.1) is 0 Å². The first-order valence-electron chi connectivity index (χ1n) is 6.85. The molecule has 0 aliphatic heterocycles. The van der Waals surface area contributed by atoms with Crippen molar-refractivity contribution in [2.24, 2.45) is 0 Å². The summed E-state index contributed by atoms with van der Waals surface area (Å²) in [7, 11) is -4.23. The first-order valence-corrected chi connectivity index (χ1v) is 8.40. The Hall–Kier alpha value is -2.06. The van der Waals surface area contributed by atoms with Gasteiger partial charge in [-0.3, -0.25) is 0 Å². The van der Waals surface area contributed by atoms with Crippen molar-refractivity contribution >= 4 is 9.84 Å². The first kappa shape index (κ1) is 18.3. The average molecular weight is 360 g/mol. The summed E-state index contributed by atoms with van der Waals surface area (Å²) in [5.74, 6) is 0.431. The molecule has 0 unspecified atom stereocenters. The van der Waals surface area contributed by atoms with Crippen molar-refractivity contribution in [3.05, 3.63) is 65.7 Å². The molecule has 8 heteroatoms. The topological polar surface area (TPSA) is 63.6 Å². The fraction of sp³-hybridized carbons (Fsp3) is 0.250. The molecular formula is C16H15F3O4S. The molecule has 0 fully saturated rings. The molecule has 4 nitrogen and oxygen atoms in total. The highest BCUT2D eigenvalue weighted by molar-refractivity contribution is 7.92. The van der Waals surface area contributed by atoms with Crippen molar-refractivity contribution in [3.8, 4) is 5.75 Å². The average Bonchev–Trinajstić information content (AvgIpc) is 2.55. The minimum Gasteiger partial charge on any atom is -0.497 e. The summed E-state index contributed by atoms with van der Waals surface area (Å²) in [6, 6.07) is 12.4. The lowest BCUT2D eigenvalue weighted by molar-refractivity contribution is -0.0460. The Morgan fingerprint density at radius 2 is 1.50 bits per heavy atom. The number of halogens is 3. The largest absolute Gasteiger partial charge is 0.498 e. The molecule has 0 saturated carbocycles. The molecule has 0 bridgehead atoms. The van der Waals surface area contributed by atoms with Crippen LogP contribution < -0.4 is 4.74 Å². The van der Waals surface area contributed by atoms with Crippen LogP contribution in [-0.2, 0) is 9.84 Å². The number of sulfone groups is 1. The van der Waals surface area contributed by atoms with Crippen LogP contribution >= 0.6 is 0 Å². The predicted octanol–water partition coefficient (Wildman–Crippen LogP) is 3.40. The summed E-state index contributed by atoms with van der Waals surface area (Å²) in [4.78, 5) is 0. The van der Waals surface area contributed by atoms with Gasteiger partial charge in [-0.05, 0) is 23.3 Å². The minimum absolute atomic E-state index is 0.0393. The zero-order chi connectivity index (χ0) is 18.0. The van der Waals surface area contributed by atoms with Gasteiger partial charge in [-0.2, -0.15) is 13.2 Å². The Morgan fingerprint density at radius 1 is 0.958 bits per heavy atom. The molecule has 2 aromatic carbocycles. The summed E-state index contributed by atoms with van der Waals surface area (Å²) in [6.07, 6.45) is -1.88. The molecule has 2 rings (SSSR count). The normalized spacial score (nSPS) is 14.9. The molecule has 0 aliphatic carbocycles. The van der Waals surface area contributed by atoms with Gasteiger partial charge < -0.3 is 9.84 Å². The number of hydrogen-bond acceptors (Lipinski definition) is 4. The quantitative estimate of drug-likeness (QED) is 0.888. The van der Waals surface area contributed by atoms with E-state index >= 15 is 0 Å². The summed E-state index contributed by atoms with van der Waals surface area (Å²) < 4.78 is 68.0. The van der Waals surface area contributed by atoms with Crippen LogP contribution in [-0.4, -0.2) is 26.1 Å². The molecule has 2 aromatic rings. The van der Waals surface area contributed by atoms with E-state index in [2.05, 4.69) is 0 Å². The Bertz CT molecular complexity index is 771. The molecule has 2 atom stereocenters. The van der Waals surface area contributed by atoms with E-state index in [0.29, 0.717) is 5.75 Å². The number of rotatable bonds is 5. The number of aliphatic hydroxyl groups excluding tert-OH is 1. The molecule has 130 valence electrons. The summed E-state index contributed by atoms with van der Waals surface area (Å²) in [5.41, 5.74) is -5.59. The van der Waals surface area contributed by atoms with Crippen LogP contribution in [0.2, 0.25) is 0 Å². The van der Waals surface area contributed by atoms with Gasteiger partial charge in [-0.1, -0.05) is 42.5 Å². The van der Waals surface area contributed by atoms with E-state index in [1.165, 1.54) is 55.6 Å². The smallest absolute Gasteiger partial charge is 0.497 e. The Morgan fingerprint density at radius 3 is 1.96 bits per heavy atom. The lowest BCUT2D eigenvalue weighted by atomic mass is 10.0. The second-order valence-corrected chi connectivity index (χ2v) is 7.10. The molecule has 0 heterocycles. The molecule has 0 spiro atoms. The Kier molecular flexibility index (Phi) is 5.19. The van der Waals surface area contributed by atoms with E-state index < -0.39 is 26.7 Å². The van der Waals surface area contributed by atoms with Crippen molar-refractivity contribution in [1.82, 2.24) is 0 Å². The van der Waals surface area contributed by atoms with Crippen LogP contribution in [0.1, 0.15) is 22.5 Å². The van der Waals surface area contributed by atoms with Gasteiger partial charge in [0.25, 0.3) is 9.84 Å². The Labute approximate surface area is 137 Å². The zero-order valence-electron chi connectivity index (χ0n) is 12.6. The molecule has 0 aliphatic rings. The molecule has 0 aromatic heterocycles. The van der Waals surface area contributed by atoms with E-state index in [-0.39, 0.29) is 11.1 Å². The van der Waals surface area contributed by atoms with Crippen molar-refractivity contribution in [3.63, 3.8) is 0 Å². The Balaban J connectivity index is 2.53. The summed E-state index contributed by atoms with van der Waals surface area (Å²) in [6.45, 7) is 0. The van der Waals surface area contributed by atoms with Crippen molar-refractivity contribution in [1.29, 1.82) is 0 Å². The third-order valence-electron chi connectivity index (χ3n) is 3.53. The number of hydrogen-bond donors (Lipinski definition) is 1. The molecular weight excluding hydrogens is 345 g/mol. The van der Waals surface area contributed by atoms with E-state index in [0.717, 1.165) is 0 Å². The van der Waals surface area contributed by atoms with Gasteiger partial charge in [0.2, 0.25) is 0 Å². The second-order valence-electron chi connectivity index (χ2n) is 5.04. The van der Waals surface area contributed by atoms with E-state index in [1.807, 2.05) is 0 Å². The van der Waals surface area contributed by atoms with E-state index in [1.54, 1.807) is 6.07 Å². The number of benzene rings is 2. The number of alkyl halides is 3. The summed E-state index contributed by atoms with van der Waals surface area (Å²) >= 11 is 0. The highest BCUT2D eigenvalue weighted by Crippen LogP contribution is 2.43. The van der Waals surface area contributed by atoms with Gasteiger partial charge in [0.05, 0.1) is 7.11 Å². The fourth-order valence-corrected chi connectivity index (χ4v) is 3.59. The van der Waals surface area contributed by atoms with Crippen LogP contribution in [0.15, 0.2) is 54.6 Å². The minimum atomic E-state index is -5.64. The third kappa shape index (κ3) is 3.54. The third-order valence-corrected chi connectivity index (χ3v) is 5.37. The molecule has 0 amide bonds. The maximum Gasteiger partial charge on any atom is 0.498 e. The molecule has 0 radical (unpaired) electrons. The van der Waals surface area contributed by atoms with Crippen molar-refractivity contribution in [2.45, 2.75) is 16.9 Å². The zero-order valence-corrected chi connectivity index (χ0v) is 13.4. The molecule has 0 saturated heterocycles. The van der Waals surface area contributed by atoms with Crippen LogP contribution in [0.3, 0.4) is 0 Å². The van der Waals surface area contributed by atoms with Crippen molar-refractivity contribution in [2.75, 3.05) is 7.11 Å². The van der Waals surface area contributed by atoms with Crippen LogP contribution in [0.4, 0.5) is 13.2 Å². The first-order chi connectivity index (χ1) is 11.2. The maximum absolute atomic E-state index is 13.0. The SMILES string of the molecule is COc1ccc([C@@H](O)[C@@H](c2ccccc2)S(=O)(=O)C(F)(F)F)cc1. The van der Waals surface area contributed by atoms with Gasteiger partial charge in [-0.25, -0.2) is 8.42 Å². The standard InChI is InChI=1S/C16H15F3O4S/c1-23-13-9-7-11(8-10-13)14(20)15(12-5-3-2-4-6-12)24(21,22)16(17,18)19/h2-10,14-15,20H,1H3/t14-,15-/m1/s1. The van der Waals surface area contributed by atoms with Gasteiger partial charge in [0, 0.05) is 0 Å². The van der Waals surface area contributed by atoms with Crippen LogP contribution in [0, 0.1) is 0 Å². The molecule has 1 N–H and O–H groups in total. The molecule has 24 heavy (non-hydrogen) atoms. The van der Waals surface area contributed by atoms with E-state index in [4.69, 9.17) is 4.74 Å². The highest BCUT2D eigenvalue weighted by atomic mass is 32.2. The lowest BCUT2D eigenvalue weighted by Crippen LogP contribution is -2.32. The van der Waals surface area contributed by atoms with Crippen LogP contribution in [0.25, 0.3) is 0 Å². The predicted molar refractivity (Wildman–Crippen MR) is 82.1 cm³/mol. The number of aliphatic hydroxyl groups is 1. The van der Waals surface area contributed by atoms with Gasteiger partial charge in [0.1, 0.15) is 17.1 Å². The fourth-order valence-electron chi connectivity index (χ4n) is 2.29.